The van der Waals surface area contributed by atoms with Crippen LogP contribution in [0, 0.1) is 40.5 Å². The first-order valence-electron chi connectivity index (χ1n) is 6.59. The molecule has 2 aromatic carbocycles. The molecular weight excluding hydrogens is 356 g/mol. The van der Waals surface area contributed by atoms with Crippen molar-refractivity contribution >= 4 is 28.4 Å². The molecule has 0 amide bonds. The molecule has 1 N–H and O–H groups in total. The Hall–Kier alpha value is -4.36. The Bertz CT molecular complexity index is 899. The average molecular weight is 364 g/mol. The van der Waals surface area contributed by atoms with Gasteiger partial charge in [-0.25, -0.2) is 15.5 Å². The van der Waals surface area contributed by atoms with Crippen LogP contribution in [0.15, 0.2) is 42.5 Å². The standard InChI is InChI=1S/C12H8N6O8/c19-15(20)9-3-1-8(2-4-9)13-14(18(25)26)11-6-5-10(16(21)22)7-12(11)17(23)24/h1-7,13H. The van der Waals surface area contributed by atoms with Gasteiger partial charge in [0.2, 0.25) is 5.69 Å². The number of nitro benzene ring substituents is 3. The van der Waals surface area contributed by atoms with Crippen molar-refractivity contribution in [2.45, 2.75) is 0 Å². The monoisotopic (exact) mass is 364 g/mol. The van der Waals surface area contributed by atoms with Crippen LogP contribution in [0.1, 0.15) is 0 Å². The highest BCUT2D eigenvalue weighted by atomic mass is 16.7. The van der Waals surface area contributed by atoms with Crippen LogP contribution in [-0.4, -0.2) is 19.8 Å². The van der Waals surface area contributed by atoms with E-state index >= 15 is 0 Å². The summed E-state index contributed by atoms with van der Waals surface area (Å²) in [6.07, 6.45) is 0. The van der Waals surface area contributed by atoms with Gasteiger partial charge < -0.3 is 0 Å². The van der Waals surface area contributed by atoms with Gasteiger partial charge in [0.25, 0.3) is 11.4 Å². The Kier molecular flexibility index (Phi) is 4.87. The second-order valence-corrected chi connectivity index (χ2v) is 4.65. The van der Waals surface area contributed by atoms with Crippen molar-refractivity contribution in [2.24, 2.45) is 0 Å². The van der Waals surface area contributed by atoms with E-state index in [1.165, 1.54) is 0 Å². The fourth-order valence-electron chi connectivity index (χ4n) is 1.92. The van der Waals surface area contributed by atoms with Crippen molar-refractivity contribution in [3.63, 3.8) is 0 Å². The summed E-state index contributed by atoms with van der Waals surface area (Å²) in [5.41, 5.74) is -0.0376. The van der Waals surface area contributed by atoms with Gasteiger partial charge in [0.1, 0.15) is 0 Å². The number of benzene rings is 2. The van der Waals surface area contributed by atoms with E-state index in [4.69, 9.17) is 0 Å². The van der Waals surface area contributed by atoms with E-state index < -0.39 is 36.9 Å². The second kappa shape index (κ2) is 7.04. The summed E-state index contributed by atoms with van der Waals surface area (Å²) in [4.78, 5) is 41.2. The summed E-state index contributed by atoms with van der Waals surface area (Å²) in [5.74, 6) is 0. The summed E-state index contributed by atoms with van der Waals surface area (Å²) < 4.78 is 0. The maximum Gasteiger partial charge on any atom is 0.307 e. The Morgan fingerprint density at radius 1 is 0.731 bits per heavy atom. The lowest BCUT2D eigenvalue weighted by Gasteiger charge is -2.15. The van der Waals surface area contributed by atoms with Crippen molar-refractivity contribution in [1.29, 1.82) is 0 Å². The molecule has 0 saturated carbocycles. The van der Waals surface area contributed by atoms with Crippen molar-refractivity contribution in [1.82, 2.24) is 0 Å². The third-order valence-electron chi connectivity index (χ3n) is 3.07. The number of hydrogen-bond donors (Lipinski definition) is 1. The first-order chi connectivity index (χ1) is 12.2. The number of non-ortho nitro benzene ring substituents is 2. The van der Waals surface area contributed by atoms with Crippen LogP contribution in [0.2, 0.25) is 0 Å². The third-order valence-corrected chi connectivity index (χ3v) is 3.07. The molecule has 26 heavy (non-hydrogen) atoms. The smallest absolute Gasteiger partial charge is 0.258 e. The Labute approximate surface area is 142 Å². The summed E-state index contributed by atoms with van der Waals surface area (Å²) in [5, 5.41) is 42.9. The molecule has 14 heteroatoms. The van der Waals surface area contributed by atoms with Crippen molar-refractivity contribution in [2.75, 3.05) is 10.5 Å². The highest BCUT2D eigenvalue weighted by molar-refractivity contribution is 5.67. The van der Waals surface area contributed by atoms with Crippen LogP contribution >= 0.6 is 0 Å². The predicted molar refractivity (Wildman–Crippen MR) is 85.9 cm³/mol. The molecule has 0 aromatic heterocycles. The van der Waals surface area contributed by atoms with Gasteiger partial charge in [0, 0.05) is 23.3 Å². The quantitative estimate of drug-likeness (QED) is 0.564. The normalized spacial score (nSPS) is 10.0. The number of nitrogens with one attached hydrogen (secondary N) is 1. The molecule has 2 aromatic rings. The number of nitro groups is 4. The minimum atomic E-state index is -1.02. The molecule has 0 aliphatic rings. The van der Waals surface area contributed by atoms with Crippen LogP contribution in [0.3, 0.4) is 0 Å². The Morgan fingerprint density at radius 3 is 1.73 bits per heavy atom. The van der Waals surface area contributed by atoms with E-state index in [-0.39, 0.29) is 16.5 Å². The van der Waals surface area contributed by atoms with E-state index in [0.29, 0.717) is 6.07 Å². The van der Waals surface area contributed by atoms with Gasteiger partial charge in [-0.1, -0.05) is 0 Å². The molecule has 0 heterocycles. The maximum absolute atomic E-state index is 11.3. The maximum atomic E-state index is 11.3. The lowest BCUT2D eigenvalue weighted by molar-refractivity contribution is -0.491. The van der Waals surface area contributed by atoms with E-state index in [1.54, 1.807) is 0 Å². The molecule has 0 spiro atoms. The van der Waals surface area contributed by atoms with E-state index in [0.717, 1.165) is 36.4 Å². The summed E-state index contributed by atoms with van der Waals surface area (Å²) in [6, 6.07) is 6.77. The number of hydrazine groups is 2. The van der Waals surface area contributed by atoms with Crippen LogP contribution in [0.5, 0.6) is 0 Å². The number of rotatable bonds is 7. The third kappa shape index (κ3) is 3.75. The SMILES string of the molecule is O=[N+]([O-])c1ccc(NN(c2ccc([N+](=O)[O-])cc2[N+](=O)[O-])[N+](=O)[O-])cc1. The largest absolute Gasteiger partial charge is 0.307 e. The highest BCUT2D eigenvalue weighted by Gasteiger charge is 2.30. The first kappa shape index (κ1) is 18.0. The Balaban J connectivity index is 2.43. The summed E-state index contributed by atoms with van der Waals surface area (Å²) in [6.45, 7) is 0. The molecule has 0 bridgehead atoms. The van der Waals surface area contributed by atoms with Gasteiger partial charge in [0.15, 0.2) is 5.03 Å². The minimum absolute atomic E-state index is 0.0277. The van der Waals surface area contributed by atoms with Gasteiger partial charge in [-0.2, -0.15) is 0 Å². The molecule has 0 radical (unpaired) electrons. The number of anilines is 2. The molecule has 134 valence electrons. The lowest BCUT2D eigenvalue weighted by atomic mass is 10.2. The molecule has 0 aliphatic carbocycles. The molecule has 0 unspecified atom stereocenters. The molecule has 2 rings (SSSR count). The van der Waals surface area contributed by atoms with Crippen LogP contribution < -0.4 is 10.5 Å². The topological polar surface area (TPSA) is 188 Å². The van der Waals surface area contributed by atoms with Gasteiger partial charge in [0.05, 0.1) is 26.5 Å². The van der Waals surface area contributed by atoms with Crippen molar-refractivity contribution in [3.05, 3.63) is 82.9 Å². The minimum Gasteiger partial charge on any atom is -0.258 e. The number of hydrogen-bond acceptors (Lipinski definition) is 9. The van der Waals surface area contributed by atoms with E-state index in [9.17, 15) is 40.5 Å². The Morgan fingerprint density at radius 2 is 1.27 bits per heavy atom. The van der Waals surface area contributed by atoms with E-state index in [1.807, 2.05) is 0 Å². The number of nitrogens with zero attached hydrogens (tertiary/aromatic N) is 5. The first-order valence-corrected chi connectivity index (χ1v) is 6.59. The van der Waals surface area contributed by atoms with Crippen molar-refractivity contribution in [3.8, 4) is 0 Å². The molecular formula is C12H8N6O8. The van der Waals surface area contributed by atoms with Gasteiger partial charge in [-0.15, -0.1) is 0 Å². The summed E-state index contributed by atoms with van der Waals surface area (Å²) >= 11 is 0. The average Bonchev–Trinajstić information content (AvgIpc) is 2.59. The molecule has 0 fully saturated rings. The molecule has 0 atom stereocenters. The predicted octanol–water partition coefficient (Wildman–Crippen LogP) is 2.44. The second-order valence-electron chi connectivity index (χ2n) is 4.65. The fraction of sp³-hybridized carbons (Fsp3) is 0. The van der Waals surface area contributed by atoms with Crippen LogP contribution in [0.25, 0.3) is 0 Å². The fourth-order valence-corrected chi connectivity index (χ4v) is 1.92. The van der Waals surface area contributed by atoms with Crippen molar-refractivity contribution < 1.29 is 19.8 Å². The van der Waals surface area contributed by atoms with Crippen LogP contribution in [0.4, 0.5) is 28.4 Å². The zero-order valence-electron chi connectivity index (χ0n) is 12.5. The van der Waals surface area contributed by atoms with Gasteiger partial charge in [-0.05, 0) is 18.2 Å². The molecule has 14 nitrogen and oxygen atoms in total. The molecule has 0 saturated heterocycles. The van der Waals surface area contributed by atoms with E-state index in [2.05, 4.69) is 5.43 Å². The zero-order valence-corrected chi connectivity index (χ0v) is 12.5. The summed E-state index contributed by atoms with van der Waals surface area (Å²) in [7, 11) is 0. The lowest BCUT2D eigenvalue weighted by Crippen LogP contribution is -2.36. The molecule has 0 aliphatic heterocycles. The van der Waals surface area contributed by atoms with Gasteiger partial charge in [-0.3, -0.25) is 30.3 Å². The van der Waals surface area contributed by atoms with Gasteiger partial charge >= 0.3 is 5.69 Å². The van der Waals surface area contributed by atoms with Crippen LogP contribution in [-0.2, 0) is 0 Å². The highest BCUT2D eigenvalue weighted by Crippen LogP contribution is 2.32. The zero-order chi connectivity index (χ0) is 19.4.